The topological polar surface area (TPSA) is 46.9 Å². The van der Waals surface area contributed by atoms with Gasteiger partial charge in [-0.25, -0.2) is 0 Å². The molecule has 1 N–H and O–H groups in total. The molecule has 0 saturated heterocycles. The van der Waals surface area contributed by atoms with E-state index in [0.717, 1.165) is 25.8 Å². The average Bonchev–Trinajstić information content (AvgIpc) is 2.99. The first-order valence-corrected chi connectivity index (χ1v) is 9.39. The van der Waals surface area contributed by atoms with Crippen LogP contribution < -0.4 is 5.32 Å². The van der Waals surface area contributed by atoms with E-state index in [-0.39, 0.29) is 17.2 Å². The fourth-order valence-corrected chi connectivity index (χ4v) is 3.34. The number of aromatic nitrogens is 2. The van der Waals surface area contributed by atoms with Crippen molar-refractivity contribution in [1.82, 2.24) is 15.1 Å². The van der Waals surface area contributed by atoms with Crippen LogP contribution in [0.2, 0.25) is 0 Å². The van der Waals surface area contributed by atoms with Crippen molar-refractivity contribution in [2.24, 2.45) is 0 Å². The van der Waals surface area contributed by atoms with Crippen molar-refractivity contribution in [2.45, 2.75) is 44.0 Å². The lowest BCUT2D eigenvalue weighted by Crippen LogP contribution is -2.35. The van der Waals surface area contributed by atoms with Crippen LogP contribution in [0.4, 0.5) is 0 Å². The predicted molar refractivity (Wildman–Crippen MR) is 94.6 cm³/mol. The number of benzene rings is 1. The van der Waals surface area contributed by atoms with Crippen molar-refractivity contribution in [2.75, 3.05) is 6.26 Å². The van der Waals surface area contributed by atoms with E-state index in [1.165, 1.54) is 16.8 Å². The zero-order chi connectivity index (χ0) is 16.2. The van der Waals surface area contributed by atoms with E-state index in [9.17, 15) is 4.79 Å². The molecular weight excluding hydrogens is 306 g/mol. The number of amides is 1. The smallest absolute Gasteiger partial charge is 0.233 e. The van der Waals surface area contributed by atoms with Crippen LogP contribution in [0, 0.1) is 0 Å². The van der Waals surface area contributed by atoms with Crippen LogP contribution in [-0.2, 0) is 17.8 Å². The highest BCUT2D eigenvalue weighted by Crippen LogP contribution is 2.30. The van der Waals surface area contributed by atoms with Gasteiger partial charge in [-0.2, -0.15) is 16.9 Å². The highest BCUT2D eigenvalue weighted by Gasteiger charge is 2.26. The standard InChI is InChI=1S/C18H23N3OS/c1-13(23-2)18(22)20-16-9-6-10-17-15(16)11-19-21(17)12-14-7-4-3-5-8-14/h3-5,7-8,11,13,16H,6,9-10,12H2,1-2H3,(H,20,22)/t13-,16-/m0/s1. The molecule has 2 atom stereocenters. The van der Waals surface area contributed by atoms with Crippen LogP contribution in [0.15, 0.2) is 36.5 Å². The number of fused-ring (bicyclic) bond motifs is 1. The minimum Gasteiger partial charge on any atom is -0.348 e. The Hall–Kier alpha value is -1.75. The lowest BCUT2D eigenvalue weighted by molar-refractivity contribution is -0.121. The number of nitrogens with one attached hydrogen (secondary N) is 1. The molecule has 1 heterocycles. The Morgan fingerprint density at radius 2 is 2.22 bits per heavy atom. The molecule has 23 heavy (non-hydrogen) atoms. The van der Waals surface area contributed by atoms with Crippen molar-refractivity contribution in [1.29, 1.82) is 0 Å². The van der Waals surface area contributed by atoms with Gasteiger partial charge in [0.15, 0.2) is 0 Å². The second-order valence-electron chi connectivity index (χ2n) is 6.02. The number of thioether (sulfide) groups is 1. The van der Waals surface area contributed by atoms with Gasteiger partial charge in [0.1, 0.15) is 0 Å². The lowest BCUT2D eigenvalue weighted by atomic mass is 9.93. The summed E-state index contributed by atoms with van der Waals surface area (Å²) >= 11 is 1.58. The van der Waals surface area contributed by atoms with E-state index < -0.39 is 0 Å². The Morgan fingerprint density at radius 1 is 1.43 bits per heavy atom. The van der Waals surface area contributed by atoms with Crippen molar-refractivity contribution in [3.05, 3.63) is 53.3 Å². The Kier molecular flexibility index (Phi) is 5.06. The summed E-state index contributed by atoms with van der Waals surface area (Å²) in [7, 11) is 0. The van der Waals surface area contributed by atoms with Crippen LogP contribution in [-0.4, -0.2) is 27.2 Å². The first kappa shape index (κ1) is 16.1. The molecule has 1 aliphatic rings. The van der Waals surface area contributed by atoms with Crippen LogP contribution in [0.5, 0.6) is 0 Å². The molecule has 1 aromatic heterocycles. The maximum absolute atomic E-state index is 12.2. The number of carbonyl (C=O) groups is 1. The highest BCUT2D eigenvalue weighted by molar-refractivity contribution is 7.99. The van der Waals surface area contributed by atoms with E-state index in [1.807, 2.05) is 25.4 Å². The summed E-state index contributed by atoms with van der Waals surface area (Å²) in [6.45, 7) is 2.74. The van der Waals surface area contributed by atoms with Gasteiger partial charge in [-0.05, 0) is 38.0 Å². The molecule has 0 fully saturated rings. The fraction of sp³-hybridized carbons (Fsp3) is 0.444. The number of hydrogen-bond donors (Lipinski definition) is 1. The summed E-state index contributed by atoms with van der Waals surface area (Å²) in [6.07, 6.45) is 7.02. The molecule has 1 aromatic carbocycles. The SMILES string of the molecule is CS[C@@H](C)C(=O)N[C@H]1CCCc2c1cnn2Cc1ccccc1. The first-order chi connectivity index (χ1) is 11.2. The molecule has 0 saturated carbocycles. The number of nitrogens with zero attached hydrogens (tertiary/aromatic N) is 2. The molecule has 0 aliphatic heterocycles. The van der Waals surface area contributed by atoms with E-state index >= 15 is 0 Å². The first-order valence-electron chi connectivity index (χ1n) is 8.10. The summed E-state index contributed by atoms with van der Waals surface area (Å²) in [5.41, 5.74) is 3.71. The van der Waals surface area contributed by atoms with Crippen molar-refractivity contribution >= 4 is 17.7 Å². The van der Waals surface area contributed by atoms with Gasteiger partial charge in [-0.1, -0.05) is 30.3 Å². The number of hydrogen-bond acceptors (Lipinski definition) is 3. The van der Waals surface area contributed by atoms with Gasteiger partial charge in [0.05, 0.1) is 24.0 Å². The molecule has 3 rings (SSSR count). The highest BCUT2D eigenvalue weighted by atomic mass is 32.2. The Morgan fingerprint density at radius 3 is 2.96 bits per heavy atom. The second-order valence-corrected chi connectivity index (χ2v) is 7.20. The summed E-state index contributed by atoms with van der Waals surface area (Å²) in [4.78, 5) is 12.2. The van der Waals surface area contributed by atoms with Crippen molar-refractivity contribution in [3.8, 4) is 0 Å². The third kappa shape index (κ3) is 3.61. The van der Waals surface area contributed by atoms with Gasteiger partial charge in [0, 0.05) is 11.3 Å². The van der Waals surface area contributed by atoms with Gasteiger partial charge in [-0.3, -0.25) is 9.48 Å². The third-order valence-corrected chi connectivity index (χ3v) is 5.40. The van der Waals surface area contributed by atoms with Gasteiger partial charge >= 0.3 is 0 Å². The number of rotatable bonds is 5. The second kappa shape index (κ2) is 7.21. The Balaban J connectivity index is 1.77. The monoisotopic (exact) mass is 329 g/mol. The summed E-state index contributed by atoms with van der Waals surface area (Å²) in [5, 5.41) is 7.75. The molecule has 0 radical (unpaired) electrons. The fourth-order valence-electron chi connectivity index (χ4n) is 3.06. The average molecular weight is 329 g/mol. The molecule has 1 amide bonds. The summed E-state index contributed by atoms with van der Waals surface area (Å²) < 4.78 is 2.08. The summed E-state index contributed by atoms with van der Waals surface area (Å²) in [5.74, 6) is 0.117. The molecule has 2 aromatic rings. The quantitative estimate of drug-likeness (QED) is 0.916. The van der Waals surface area contributed by atoms with E-state index in [1.54, 1.807) is 11.8 Å². The van der Waals surface area contributed by atoms with E-state index in [0.29, 0.717) is 0 Å². The molecule has 1 aliphatic carbocycles. The van der Waals surface area contributed by atoms with Crippen LogP contribution >= 0.6 is 11.8 Å². The third-order valence-electron chi connectivity index (χ3n) is 4.48. The van der Waals surface area contributed by atoms with Gasteiger partial charge < -0.3 is 5.32 Å². The largest absolute Gasteiger partial charge is 0.348 e. The van der Waals surface area contributed by atoms with Crippen LogP contribution in [0.25, 0.3) is 0 Å². The van der Waals surface area contributed by atoms with Gasteiger partial charge in [-0.15, -0.1) is 0 Å². The molecular formula is C18H23N3OS. The molecule has 122 valence electrons. The molecule has 0 bridgehead atoms. The van der Waals surface area contributed by atoms with Crippen LogP contribution in [0.1, 0.15) is 42.6 Å². The van der Waals surface area contributed by atoms with Gasteiger partial charge in [0.25, 0.3) is 0 Å². The van der Waals surface area contributed by atoms with Crippen molar-refractivity contribution < 1.29 is 4.79 Å². The van der Waals surface area contributed by atoms with Crippen LogP contribution in [0.3, 0.4) is 0 Å². The molecule has 4 nitrogen and oxygen atoms in total. The minimum absolute atomic E-state index is 0.0141. The normalized spacial score (nSPS) is 18.3. The molecule has 0 spiro atoms. The predicted octanol–water partition coefficient (Wildman–Crippen LogP) is 3.18. The molecule has 0 unspecified atom stereocenters. The van der Waals surface area contributed by atoms with Gasteiger partial charge in [0.2, 0.25) is 5.91 Å². The maximum Gasteiger partial charge on any atom is 0.233 e. The Labute approximate surface area is 141 Å². The van der Waals surface area contributed by atoms with Crippen molar-refractivity contribution in [3.63, 3.8) is 0 Å². The lowest BCUT2D eigenvalue weighted by Gasteiger charge is -2.25. The minimum atomic E-state index is -0.0141. The Bertz CT molecular complexity index is 668. The zero-order valence-electron chi connectivity index (χ0n) is 13.7. The molecule has 5 heteroatoms. The van der Waals surface area contributed by atoms with E-state index in [4.69, 9.17) is 0 Å². The summed E-state index contributed by atoms with van der Waals surface area (Å²) in [6, 6.07) is 10.5. The maximum atomic E-state index is 12.2. The van der Waals surface area contributed by atoms with E-state index in [2.05, 4.69) is 39.4 Å². The zero-order valence-corrected chi connectivity index (χ0v) is 14.5. The number of carbonyl (C=O) groups excluding carboxylic acids is 1.